The standard InChI is InChI=1S/C21H19F3N4O3/c1-11-17-15(20(30)28-8-7-27(3)19(29)12(28)2)10-16(25-18(17)31-26-11)13-5-4-6-14(9-13)21(22,23)24/h4-6,9-10,12H,7-8H2,1-3H3. The van der Waals surface area contributed by atoms with Crippen LogP contribution >= 0.6 is 0 Å². The highest BCUT2D eigenvalue weighted by Gasteiger charge is 2.35. The van der Waals surface area contributed by atoms with Crippen molar-refractivity contribution in [3.8, 4) is 11.3 Å². The Balaban J connectivity index is 1.84. The van der Waals surface area contributed by atoms with Crippen LogP contribution in [-0.2, 0) is 11.0 Å². The number of benzene rings is 1. The van der Waals surface area contributed by atoms with Crippen LogP contribution in [0.2, 0.25) is 0 Å². The van der Waals surface area contributed by atoms with Gasteiger partial charge in [0.2, 0.25) is 5.91 Å². The molecule has 0 bridgehead atoms. The third kappa shape index (κ3) is 3.62. The summed E-state index contributed by atoms with van der Waals surface area (Å²) in [4.78, 5) is 33.0. The predicted octanol–water partition coefficient (Wildman–Crippen LogP) is 3.52. The van der Waals surface area contributed by atoms with Crippen LogP contribution in [0.25, 0.3) is 22.4 Å². The molecule has 3 aromatic rings. The Labute approximate surface area is 175 Å². The molecule has 1 saturated heterocycles. The molecular weight excluding hydrogens is 413 g/mol. The number of piperazine rings is 1. The third-order valence-corrected chi connectivity index (χ3v) is 5.47. The number of halogens is 3. The first kappa shape index (κ1) is 20.8. The molecule has 1 aliphatic heterocycles. The van der Waals surface area contributed by atoms with Crippen molar-refractivity contribution in [2.24, 2.45) is 0 Å². The molecule has 0 N–H and O–H groups in total. The van der Waals surface area contributed by atoms with E-state index in [0.717, 1.165) is 12.1 Å². The fraction of sp³-hybridized carbons (Fsp3) is 0.333. The molecule has 1 unspecified atom stereocenters. The number of carbonyl (C=O) groups is 2. The molecule has 31 heavy (non-hydrogen) atoms. The first-order valence-electron chi connectivity index (χ1n) is 9.58. The van der Waals surface area contributed by atoms with E-state index in [4.69, 9.17) is 4.52 Å². The van der Waals surface area contributed by atoms with E-state index in [1.54, 1.807) is 25.8 Å². The van der Waals surface area contributed by atoms with E-state index in [-0.39, 0.29) is 28.4 Å². The second-order valence-electron chi connectivity index (χ2n) is 7.52. The zero-order valence-corrected chi connectivity index (χ0v) is 17.0. The largest absolute Gasteiger partial charge is 0.416 e. The molecule has 10 heteroatoms. The van der Waals surface area contributed by atoms with E-state index >= 15 is 0 Å². The van der Waals surface area contributed by atoms with Crippen molar-refractivity contribution in [2.45, 2.75) is 26.1 Å². The number of aryl methyl sites for hydroxylation is 1. The first-order chi connectivity index (χ1) is 14.6. The maximum absolute atomic E-state index is 13.4. The summed E-state index contributed by atoms with van der Waals surface area (Å²) in [6.07, 6.45) is -4.52. The lowest BCUT2D eigenvalue weighted by molar-refractivity contribution is -0.138. The van der Waals surface area contributed by atoms with E-state index in [9.17, 15) is 22.8 Å². The minimum absolute atomic E-state index is 0.0452. The van der Waals surface area contributed by atoms with Crippen molar-refractivity contribution in [3.63, 3.8) is 0 Å². The first-order valence-corrected chi connectivity index (χ1v) is 9.58. The molecule has 1 aromatic carbocycles. The van der Waals surface area contributed by atoms with Gasteiger partial charge in [0.15, 0.2) is 0 Å². The summed E-state index contributed by atoms with van der Waals surface area (Å²) in [7, 11) is 1.67. The fourth-order valence-corrected chi connectivity index (χ4v) is 3.71. The van der Waals surface area contributed by atoms with Crippen molar-refractivity contribution in [2.75, 3.05) is 20.1 Å². The number of fused-ring (bicyclic) bond motifs is 1. The number of nitrogens with zero attached hydrogens (tertiary/aromatic N) is 4. The molecule has 0 aliphatic carbocycles. The van der Waals surface area contributed by atoms with Crippen molar-refractivity contribution in [1.29, 1.82) is 0 Å². The van der Waals surface area contributed by atoms with Gasteiger partial charge in [-0.2, -0.15) is 13.2 Å². The molecule has 1 aliphatic rings. The van der Waals surface area contributed by atoms with Gasteiger partial charge in [-0.15, -0.1) is 0 Å². The average Bonchev–Trinajstić information content (AvgIpc) is 3.11. The van der Waals surface area contributed by atoms with Crippen LogP contribution in [0.1, 0.15) is 28.5 Å². The maximum Gasteiger partial charge on any atom is 0.416 e. The second kappa shape index (κ2) is 7.36. The highest BCUT2D eigenvalue weighted by atomic mass is 19.4. The molecule has 0 saturated carbocycles. The maximum atomic E-state index is 13.4. The number of hydrogen-bond acceptors (Lipinski definition) is 5. The number of amides is 2. The Morgan fingerprint density at radius 3 is 2.68 bits per heavy atom. The van der Waals surface area contributed by atoms with Crippen LogP contribution in [0, 0.1) is 6.92 Å². The molecule has 7 nitrogen and oxygen atoms in total. The van der Waals surface area contributed by atoms with Crippen LogP contribution in [0.4, 0.5) is 13.2 Å². The SMILES string of the molecule is Cc1noc2nc(-c3cccc(C(F)(F)F)c3)cc(C(=O)N3CCN(C)C(=O)C3C)c12. The second-order valence-corrected chi connectivity index (χ2v) is 7.52. The fourth-order valence-electron chi connectivity index (χ4n) is 3.71. The Morgan fingerprint density at radius 2 is 1.97 bits per heavy atom. The van der Waals surface area contributed by atoms with Crippen molar-refractivity contribution in [3.05, 3.63) is 47.2 Å². The lowest BCUT2D eigenvalue weighted by Crippen LogP contribution is -2.56. The molecule has 162 valence electrons. The normalized spacial score (nSPS) is 17.5. The van der Waals surface area contributed by atoms with Gasteiger partial charge in [0, 0.05) is 25.7 Å². The van der Waals surface area contributed by atoms with Crippen LogP contribution in [-0.4, -0.2) is 57.9 Å². The van der Waals surface area contributed by atoms with Crippen LogP contribution in [0.15, 0.2) is 34.9 Å². The molecule has 0 radical (unpaired) electrons. The number of likely N-dealkylation sites (N-methyl/N-ethyl adjacent to an activating group) is 1. The van der Waals surface area contributed by atoms with Gasteiger partial charge in [-0.3, -0.25) is 9.59 Å². The van der Waals surface area contributed by atoms with Gasteiger partial charge in [-0.05, 0) is 32.0 Å². The van der Waals surface area contributed by atoms with Gasteiger partial charge in [0.1, 0.15) is 6.04 Å². The van der Waals surface area contributed by atoms with Gasteiger partial charge < -0.3 is 14.3 Å². The summed E-state index contributed by atoms with van der Waals surface area (Å²) in [6, 6.07) is 5.44. The van der Waals surface area contributed by atoms with Gasteiger partial charge in [0.25, 0.3) is 11.6 Å². The summed E-state index contributed by atoms with van der Waals surface area (Å²) in [5, 5.41) is 4.23. The van der Waals surface area contributed by atoms with E-state index in [2.05, 4.69) is 10.1 Å². The summed E-state index contributed by atoms with van der Waals surface area (Å²) >= 11 is 0. The Morgan fingerprint density at radius 1 is 1.23 bits per heavy atom. The van der Waals surface area contributed by atoms with Gasteiger partial charge in [-0.1, -0.05) is 17.3 Å². The summed E-state index contributed by atoms with van der Waals surface area (Å²) in [5.74, 6) is -0.620. The number of pyridine rings is 1. The van der Waals surface area contributed by atoms with Crippen molar-refractivity contribution in [1.82, 2.24) is 19.9 Å². The molecule has 3 heterocycles. The smallest absolute Gasteiger partial charge is 0.342 e. The van der Waals surface area contributed by atoms with Crippen LogP contribution in [0.5, 0.6) is 0 Å². The van der Waals surface area contributed by atoms with E-state index in [1.807, 2.05) is 0 Å². The lowest BCUT2D eigenvalue weighted by atomic mass is 10.0. The zero-order valence-electron chi connectivity index (χ0n) is 17.0. The van der Waals surface area contributed by atoms with E-state index < -0.39 is 23.7 Å². The molecular formula is C21H19F3N4O3. The number of rotatable bonds is 2. The highest BCUT2D eigenvalue weighted by Crippen LogP contribution is 2.33. The highest BCUT2D eigenvalue weighted by molar-refractivity contribution is 6.08. The molecule has 0 spiro atoms. The van der Waals surface area contributed by atoms with Crippen molar-refractivity contribution >= 4 is 22.9 Å². The van der Waals surface area contributed by atoms with Gasteiger partial charge >= 0.3 is 6.18 Å². The number of aromatic nitrogens is 2. The summed E-state index contributed by atoms with van der Waals surface area (Å²) in [5.41, 5.74) is 0.152. The number of alkyl halides is 3. The van der Waals surface area contributed by atoms with Crippen LogP contribution < -0.4 is 0 Å². The summed E-state index contributed by atoms with van der Waals surface area (Å²) in [6.45, 7) is 4.00. The monoisotopic (exact) mass is 432 g/mol. The number of hydrogen-bond donors (Lipinski definition) is 0. The lowest BCUT2D eigenvalue weighted by Gasteiger charge is -2.37. The average molecular weight is 432 g/mol. The molecule has 4 rings (SSSR count). The third-order valence-electron chi connectivity index (χ3n) is 5.47. The number of carbonyl (C=O) groups excluding carboxylic acids is 2. The Hall–Kier alpha value is -3.43. The Bertz CT molecular complexity index is 1190. The van der Waals surface area contributed by atoms with Gasteiger partial charge in [-0.25, -0.2) is 4.98 Å². The molecule has 2 amide bonds. The summed E-state index contributed by atoms with van der Waals surface area (Å²) < 4.78 is 44.7. The Kier molecular flexibility index (Phi) is 4.95. The minimum Gasteiger partial charge on any atom is -0.342 e. The zero-order chi connectivity index (χ0) is 22.5. The van der Waals surface area contributed by atoms with Crippen LogP contribution in [0.3, 0.4) is 0 Å². The van der Waals surface area contributed by atoms with Gasteiger partial charge in [0.05, 0.1) is 27.9 Å². The molecule has 1 atom stereocenters. The molecule has 1 fully saturated rings. The quantitative estimate of drug-likeness (QED) is 0.619. The minimum atomic E-state index is -4.52. The van der Waals surface area contributed by atoms with E-state index in [0.29, 0.717) is 24.2 Å². The van der Waals surface area contributed by atoms with E-state index in [1.165, 1.54) is 23.1 Å². The predicted molar refractivity (Wildman–Crippen MR) is 105 cm³/mol. The topological polar surface area (TPSA) is 79.5 Å². The van der Waals surface area contributed by atoms with Crippen molar-refractivity contribution < 1.29 is 27.3 Å². The molecule has 2 aromatic heterocycles.